The molecule has 1 amide bonds. The van der Waals surface area contributed by atoms with Crippen LogP contribution in [0.15, 0.2) is 61.4 Å². The van der Waals surface area contributed by atoms with E-state index in [0.29, 0.717) is 24.4 Å². The number of nitrogens with zero attached hydrogens (tertiary/aromatic N) is 6. The highest BCUT2D eigenvalue weighted by atomic mass is 16.6. The number of carbonyl (C=O) groups is 1. The monoisotopic (exact) mass is 469 g/mol. The summed E-state index contributed by atoms with van der Waals surface area (Å²) < 4.78 is 7.12. The van der Waals surface area contributed by atoms with Gasteiger partial charge >= 0.3 is 6.09 Å². The van der Waals surface area contributed by atoms with E-state index in [1.165, 1.54) is 0 Å². The zero-order chi connectivity index (χ0) is 23.6. The van der Waals surface area contributed by atoms with Crippen molar-refractivity contribution in [2.75, 3.05) is 13.2 Å². The first kappa shape index (κ1) is 21.5. The number of cyclic esters (lactones) is 1. The predicted octanol–water partition coefficient (Wildman–Crippen LogP) is 4.41. The molecular weight excluding hydrogens is 442 g/mol. The Balaban J connectivity index is 1.09. The number of ether oxygens (including phenoxy) is 1. The van der Waals surface area contributed by atoms with Crippen molar-refractivity contribution in [1.29, 1.82) is 0 Å². The third kappa shape index (κ3) is 4.53. The number of amides is 1. The van der Waals surface area contributed by atoms with Crippen molar-refractivity contribution >= 4 is 6.09 Å². The average Bonchev–Trinajstić information content (AvgIpc) is 3.68. The molecule has 4 heterocycles. The van der Waals surface area contributed by atoms with Crippen LogP contribution >= 0.6 is 0 Å². The van der Waals surface area contributed by atoms with Crippen LogP contribution in [-0.4, -0.2) is 60.1 Å². The summed E-state index contributed by atoms with van der Waals surface area (Å²) in [5.74, 6) is 1.25. The summed E-state index contributed by atoms with van der Waals surface area (Å²) in [6, 6.07) is 8.45. The van der Waals surface area contributed by atoms with E-state index >= 15 is 0 Å². The quantitative estimate of drug-likeness (QED) is 0.449. The van der Waals surface area contributed by atoms with Crippen molar-refractivity contribution in [1.82, 2.24) is 34.8 Å². The summed E-state index contributed by atoms with van der Waals surface area (Å²) in [4.78, 5) is 22.9. The maximum Gasteiger partial charge on any atom is 0.410 e. The Morgan fingerprint density at radius 3 is 2.51 bits per heavy atom. The van der Waals surface area contributed by atoms with E-state index in [9.17, 15) is 4.79 Å². The molecule has 0 bridgehead atoms. The molecule has 9 nitrogen and oxygen atoms in total. The van der Waals surface area contributed by atoms with Crippen LogP contribution in [0.3, 0.4) is 0 Å². The summed E-state index contributed by atoms with van der Waals surface area (Å²) in [7, 11) is 0. The van der Waals surface area contributed by atoms with Crippen LogP contribution in [0, 0.1) is 5.92 Å². The predicted molar refractivity (Wildman–Crippen MR) is 130 cm³/mol. The SMILES string of the molecule is O=C1OCCN1C1CCC(Cn2cc(-c3cnc(-c4cccc(-c5cn[nH]c5)c4)nc3)cn2)CC1. The van der Waals surface area contributed by atoms with Gasteiger partial charge in [-0.3, -0.25) is 9.78 Å². The van der Waals surface area contributed by atoms with Crippen LogP contribution in [0.5, 0.6) is 0 Å². The minimum absolute atomic E-state index is 0.149. The Kier molecular flexibility index (Phi) is 5.73. The van der Waals surface area contributed by atoms with Gasteiger partial charge in [-0.2, -0.15) is 10.2 Å². The highest BCUT2D eigenvalue weighted by Gasteiger charge is 2.32. The zero-order valence-corrected chi connectivity index (χ0v) is 19.4. The molecule has 1 N–H and O–H groups in total. The minimum Gasteiger partial charge on any atom is -0.448 e. The maximum absolute atomic E-state index is 11.8. The Morgan fingerprint density at radius 1 is 0.943 bits per heavy atom. The van der Waals surface area contributed by atoms with Gasteiger partial charge in [0.15, 0.2) is 5.82 Å². The molecule has 1 aliphatic heterocycles. The summed E-state index contributed by atoms with van der Waals surface area (Å²) in [5, 5.41) is 11.5. The molecule has 1 saturated carbocycles. The second-order valence-electron chi connectivity index (χ2n) is 9.30. The van der Waals surface area contributed by atoms with Crippen LogP contribution in [0.1, 0.15) is 25.7 Å². The van der Waals surface area contributed by atoms with Crippen LogP contribution in [0.2, 0.25) is 0 Å². The van der Waals surface area contributed by atoms with Crippen LogP contribution in [-0.2, 0) is 11.3 Å². The molecule has 0 radical (unpaired) electrons. The Labute approximate surface area is 203 Å². The number of hydrogen-bond acceptors (Lipinski definition) is 6. The molecule has 0 atom stereocenters. The highest BCUT2D eigenvalue weighted by molar-refractivity contribution is 5.70. The molecule has 2 fully saturated rings. The van der Waals surface area contributed by atoms with E-state index in [-0.39, 0.29) is 6.09 Å². The number of benzene rings is 1. The normalized spacial score (nSPS) is 20.2. The van der Waals surface area contributed by atoms with Crippen LogP contribution in [0.4, 0.5) is 4.79 Å². The van der Waals surface area contributed by atoms with Gasteiger partial charge < -0.3 is 9.64 Å². The molecular formula is C26H27N7O2. The summed E-state index contributed by atoms with van der Waals surface area (Å²) in [5.41, 5.74) is 5.02. The Morgan fingerprint density at radius 2 is 1.77 bits per heavy atom. The van der Waals surface area contributed by atoms with Gasteiger partial charge in [-0.05, 0) is 43.2 Å². The molecule has 1 aromatic carbocycles. The highest BCUT2D eigenvalue weighted by Crippen LogP contribution is 2.30. The number of rotatable bonds is 6. The molecule has 0 spiro atoms. The molecule has 35 heavy (non-hydrogen) atoms. The van der Waals surface area contributed by atoms with Crippen molar-refractivity contribution in [3.05, 3.63) is 61.4 Å². The maximum atomic E-state index is 11.8. The first-order valence-corrected chi connectivity index (χ1v) is 12.1. The van der Waals surface area contributed by atoms with Crippen molar-refractivity contribution in [2.45, 2.75) is 38.3 Å². The molecule has 9 heteroatoms. The van der Waals surface area contributed by atoms with Gasteiger partial charge in [-0.25, -0.2) is 14.8 Å². The summed E-state index contributed by atoms with van der Waals surface area (Å²) in [6.45, 7) is 2.14. The number of hydrogen-bond donors (Lipinski definition) is 1. The largest absolute Gasteiger partial charge is 0.448 e. The van der Waals surface area contributed by atoms with Gasteiger partial charge in [0.1, 0.15) is 6.61 Å². The molecule has 4 aromatic rings. The van der Waals surface area contributed by atoms with E-state index in [4.69, 9.17) is 4.74 Å². The van der Waals surface area contributed by atoms with E-state index in [0.717, 1.165) is 66.6 Å². The van der Waals surface area contributed by atoms with Crippen molar-refractivity contribution < 1.29 is 9.53 Å². The second-order valence-corrected chi connectivity index (χ2v) is 9.30. The van der Waals surface area contributed by atoms with E-state index < -0.39 is 0 Å². The minimum atomic E-state index is -0.149. The van der Waals surface area contributed by atoms with E-state index in [2.05, 4.69) is 37.5 Å². The summed E-state index contributed by atoms with van der Waals surface area (Å²) in [6.07, 6.45) is 15.4. The fourth-order valence-corrected chi connectivity index (χ4v) is 5.13. The number of nitrogens with one attached hydrogen (secondary N) is 1. The average molecular weight is 470 g/mol. The van der Waals surface area contributed by atoms with Gasteiger partial charge in [-0.1, -0.05) is 18.2 Å². The first-order chi connectivity index (χ1) is 17.2. The lowest BCUT2D eigenvalue weighted by Crippen LogP contribution is -2.39. The van der Waals surface area contributed by atoms with Gasteiger partial charge in [0, 0.05) is 59.6 Å². The topological polar surface area (TPSA) is 102 Å². The third-order valence-electron chi connectivity index (χ3n) is 7.07. The van der Waals surface area contributed by atoms with Gasteiger partial charge in [-0.15, -0.1) is 0 Å². The second kappa shape index (κ2) is 9.32. The fraction of sp³-hybridized carbons (Fsp3) is 0.346. The third-order valence-corrected chi connectivity index (χ3v) is 7.07. The number of aromatic amines is 1. The Hall–Kier alpha value is -4.01. The van der Waals surface area contributed by atoms with E-state index in [1.54, 1.807) is 6.20 Å². The molecule has 0 unspecified atom stereocenters. The molecule has 3 aromatic heterocycles. The van der Waals surface area contributed by atoms with Gasteiger partial charge in [0.2, 0.25) is 0 Å². The number of aromatic nitrogens is 6. The lowest BCUT2D eigenvalue weighted by molar-refractivity contribution is 0.130. The lowest BCUT2D eigenvalue weighted by Gasteiger charge is -2.33. The Bertz CT molecular complexity index is 1290. The van der Waals surface area contributed by atoms with Crippen LogP contribution in [0.25, 0.3) is 33.6 Å². The smallest absolute Gasteiger partial charge is 0.410 e. The molecule has 6 rings (SSSR count). The molecule has 1 saturated heterocycles. The summed E-state index contributed by atoms with van der Waals surface area (Å²) >= 11 is 0. The first-order valence-electron chi connectivity index (χ1n) is 12.1. The van der Waals surface area contributed by atoms with Crippen LogP contribution < -0.4 is 0 Å². The van der Waals surface area contributed by atoms with Crippen molar-refractivity contribution in [2.24, 2.45) is 5.92 Å². The van der Waals surface area contributed by atoms with E-state index in [1.807, 2.05) is 52.6 Å². The number of H-pyrrole nitrogens is 1. The number of carbonyl (C=O) groups excluding carboxylic acids is 1. The lowest BCUT2D eigenvalue weighted by atomic mass is 9.85. The van der Waals surface area contributed by atoms with Crippen molar-refractivity contribution in [3.8, 4) is 33.6 Å². The fourth-order valence-electron chi connectivity index (χ4n) is 5.13. The van der Waals surface area contributed by atoms with Gasteiger partial charge in [0.05, 0.1) is 18.9 Å². The standard InChI is InChI=1S/C26H27N7O2/c34-26-33(8-9-35-26)24-6-4-18(5-7-24)16-32-17-23(15-31-32)21-11-27-25(28-12-21)20-3-1-2-19(10-20)22-13-29-30-14-22/h1-3,10-15,17-18,24H,4-9,16H2,(H,29,30). The zero-order valence-electron chi connectivity index (χ0n) is 19.4. The van der Waals surface area contributed by atoms with Crippen molar-refractivity contribution in [3.63, 3.8) is 0 Å². The molecule has 1 aliphatic carbocycles. The van der Waals surface area contributed by atoms with Gasteiger partial charge in [0.25, 0.3) is 0 Å². The molecule has 2 aliphatic rings. The molecule has 178 valence electrons.